The lowest BCUT2D eigenvalue weighted by Gasteiger charge is -2.28. The van der Waals surface area contributed by atoms with Gasteiger partial charge in [-0.2, -0.15) is 0 Å². The van der Waals surface area contributed by atoms with Gasteiger partial charge in [0.05, 0.1) is 18.6 Å². The minimum atomic E-state index is -1.08. The second kappa shape index (κ2) is 10.0. The van der Waals surface area contributed by atoms with Gasteiger partial charge in [0.25, 0.3) is 0 Å². The number of carbonyl (C=O) groups excluding carboxylic acids is 2. The molecule has 0 spiro atoms. The number of imide groups is 1. The zero-order valence-electron chi connectivity index (χ0n) is 17.2. The number of amides is 2. The summed E-state index contributed by atoms with van der Waals surface area (Å²) in [7, 11) is 0. The van der Waals surface area contributed by atoms with Crippen LogP contribution in [0.4, 0.5) is 4.79 Å². The summed E-state index contributed by atoms with van der Waals surface area (Å²) in [5.74, 6) is -1.28. The molecular formula is C24H29NO4. The van der Waals surface area contributed by atoms with E-state index in [2.05, 4.69) is 20.4 Å². The number of hydrogen-bond donors (Lipinski definition) is 1. The van der Waals surface area contributed by atoms with Gasteiger partial charge in [-0.05, 0) is 0 Å². The average molecular weight is 395 g/mol. The maximum atomic E-state index is 12.7. The van der Waals surface area contributed by atoms with Crippen molar-refractivity contribution >= 4 is 12.0 Å². The van der Waals surface area contributed by atoms with Crippen LogP contribution in [0.5, 0.6) is 0 Å². The highest BCUT2D eigenvalue weighted by Gasteiger charge is 2.51. The van der Waals surface area contributed by atoms with Crippen LogP contribution >= 0.6 is 0 Å². The highest BCUT2D eigenvalue weighted by molar-refractivity contribution is 5.95. The van der Waals surface area contributed by atoms with Crippen molar-refractivity contribution in [3.05, 3.63) is 84.4 Å². The normalized spacial score (nSPS) is 16.8. The second-order valence-electron chi connectivity index (χ2n) is 7.07. The van der Waals surface area contributed by atoms with E-state index in [0.717, 1.165) is 16.0 Å². The Kier molecular flexibility index (Phi) is 7.74. The Labute approximate surface area is 172 Å². The van der Waals surface area contributed by atoms with Crippen LogP contribution in [0.25, 0.3) is 0 Å². The minimum absolute atomic E-state index is 0.0485. The molecule has 2 unspecified atom stereocenters. The third-order valence-electron chi connectivity index (χ3n) is 4.75. The topological polar surface area (TPSA) is 66.8 Å². The first-order valence-corrected chi connectivity index (χ1v) is 9.87. The molecule has 1 aliphatic rings. The van der Waals surface area contributed by atoms with Gasteiger partial charge >= 0.3 is 6.09 Å². The van der Waals surface area contributed by atoms with Crippen LogP contribution in [0, 0.1) is 5.92 Å². The van der Waals surface area contributed by atoms with Crippen molar-refractivity contribution in [2.24, 2.45) is 5.92 Å². The van der Waals surface area contributed by atoms with E-state index in [1.54, 1.807) is 6.92 Å². The van der Waals surface area contributed by atoms with Gasteiger partial charge in [-0.3, -0.25) is 4.79 Å². The molecule has 29 heavy (non-hydrogen) atoms. The molecule has 0 aliphatic carbocycles. The third kappa shape index (κ3) is 4.74. The van der Waals surface area contributed by atoms with Gasteiger partial charge in [0.2, 0.25) is 5.91 Å². The molecule has 0 radical (unpaired) electrons. The van der Waals surface area contributed by atoms with Gasteiger partial charge in [-0.25, -0.2) is 9.69 Å². The maximum Gasteiger partial charge on any atom is 0.418 e. The lowest BCUT2D eigenvalue weighted by atomic mass is 9.86. The molecular weight excluding hydrogens is 366 g/mol. The third-order valence-corrected chi connectivity index (χ3v) is 4.75. The summed E-state index contributed by atoms with van der Waals surface area (Å²) in [5, 5.41) is 9.89. The number of nitrogens with zero attached hydrogens (tertiary/aromatic N) is 1. The summed E-state index contributed by atoms with van der Waals surface area (Å²) in [5.41, 5.74) is 0.493. The molecule has 1 heterocycles. The van der Waals surface area contributed by atoms with Crippen molar-refractivity contribution in [1.29, 1.82) is 0 Å². The SMILES string of the molecule is C=CC(O)C(C)C(=O)N1CC(c2ccccc2)(c2ccccc2)OC1=O.CCC. The van der Waals surface area contributed by atoms with Gasteiger partial charge in [-0.1, -0.05) is 93.9 Å². The van der Waals surface area contributed by atoms with Crippen LogP contribution in [0.3, 0.4) is 0 Å². The number of aliphatic hydroxyl groups excluding tert-OH is 1. The largest absolute Gasteiger partial charge is 0.431 e. The Balaban J connectivity index is 0.000000941. The molecule has 0 saturated carbocycles. The van der Waals surface area contributed by atoms with Crippen LogP contribution < -0.4 is 0 Å². The lowest BCUT2D eigenvalue weighted by molar-refractivity contribution is -0.134. The van der Waals surface area contributed by atoms with E-state index in [9.17, 15) is 14.7 Å². The number of hydrogen-bond acceptors (Lipinski definition) is 4. The summed E-state index contributed by atoms with van der Waals surface area (Å²) in [6.07, 6.45) is 0.788. The second-order valence-corrected chi connectivity index (χ2v) is 7.07. The molecule has 5 heteroatoms. The number of ether oxygens (including phenoxy) is 1. The summed E-state index contributed by atoms with van der Waals surface area (Å²) < 4.78 is 5.78. The minimum Gasteiger partial charge on any atom is -0.431 e. The smallest absolute Gasteiger partial charge is 0.418 e. The molecule has 1 saturated heterocycles. The Bertz CT molecular complexity index is 780. The predicted octanol–water partition coefficient (Wildman–Crippen LogP) is 4.51. The number of aliphatic hydroxyl groups is 1. The van der Waals surface area contributed by atoms with Crippen LogP contribution in [0.15, 0.2) is 73.3 Å². The highest BCUT2D eigenvalue weighted by Crippen LogP contribution is 2.40. The fourth-order valence-corrected chi connectivity index (χ4v) is 3.17. The fourth-order valence-electron chi connectivity index (χ4n) is 3.17. The molecule has 2 amide bonds. The van der Waals surface area contributed by atoms with E-state index in [1.807, 2.05) is 60.7 Å². The first kappa shape index (κ1) is 22.4. The van der Waals surface area contributed by atoms with E-state index < -0.39 is 29.6 Å². The van der Waals surface area contributed by atoms with E-state index in [1.165, 1.54) is 12.5 Å². The monoisotopic (exact) mass is 395 g/mol. The maximum absolute atomic E-state index is 12.7. The number of benzene rings is 2. The molecule has 1 fully saturated rings. The molecule has 0 bridgehead atoms. The first-order chi connectivity index (χ1) is 13.9. The number of carbonyl (C=O) groups is 2. The van der Waals surface area contributed by atoms with Gasteiger partial charge in [0, 0.05) is 11.1 Å². The molecule has 2 aromatic carbocycles. The molecule has 0 aromatic heterocycles. The van der Waals surface area contributed by atoms with Crippen molar-refractivity contribution in [2.75, 3.05) is 6.54 Å². The van der Waals surface area contributed by atoms with Gasteiger partial charge in [-0.15, -0.1) is 6.58 Å². The molecule has 1 N–H and O–H groups in total. The molecule has 2 atom stereocenters. The van der Waals surface area contributed by atoms with E-state index in [-0.39, 0.29) is 6.54 Å². The summed E-state index contributed by atoms with van der Waals surface area (Å²) in [6, 6.07) is 18.7. The Morgan fingerprint density at radius 3 is 2.00 bits per heavy atom. The Hall–Kier alpha value is -2.92. The zero-order chi connectivity index (χ0) is 21.4. The standard InChI is InChI=1S/C21H21NO4.C3H8/c1-3-18(23)15(2)19(24)22-14-21(26-20(22)25,16-10-6-4-7-11-16)17-12-8-5-9-13-17;1-3-2/h3-13,15,18,23H,1,14H2,2H3;3H2,1-2H3. The van der Waals surface area contributed by atoms with Crippen molar-refractivity contribution in [3.8, 4) is 0 Å². The first-order valence-electron chi connectivity index (χ1n) is 9.87. The quantitative estimate of drug-likeness (QED) is 0.757. The number of cyclic esters (lactones) is 1. The van der Waals surface area contributed by atoms with E-state index >= 15 is 0 Å². The van der Waals surface area contributed by atoms with Gasteiger partial charge in [0.15, 0.2) is 5.60 Å². The Morgan fingerprint density at radius 1 is 1.14 bits per heavy atom. The van der Waals surface area contributed by atoms with Crippen molar-refractivity contribution in [1.82, 2.24) is 4.90 Å². The molecule has 154 valence electrons. The van der Waals surface area contributed by atoms with Crippen LogP contribution in [-0.4, -0.2) is 34.7 Å². The molecule has 5 nitrogen and oxygen atoms in total. The Morgan fingerprint density at radius 2 is 1.59 bits per heavy atom. The van der Waals surface area contributed by atoms with Crippen molar-refractivity contribution in [3.63, 3.8) is 0 Å². The highest BCUT2D eigenvalue weighted by atomic mass is 16.6. The molecule has 3 rings (SSSR count). The lowest BCUT2D eigenvalue weighted by Crippen LogP contribution is -2.41. The van der Waals surface area contributed by atoms with Crippen LogP contribution in [0.2, 0.25) is 0 Å². The van der Waals surface area contributed by atoms with Crippen LogP contribution in [0.1, 0.15) is 38.3 Å². The number of rotatable bonds is 5. The fraction of sp³-hybridized carbons (Fsp3) is 0.333. The van der Waals surface area contributed by atoms with Gasteiger partial charge in [0.1, 0.15) is 0 Å². The van der Waals surface area contributed by atoms with E-state index in [0.29, 0.717) is 0 Å². The van der Waals surface area contributed by atoms with Gasteiger partial charge < -0.3 is 9.84 Å². The summed E-state index contributed by atoms with van der Waals surface area (Å²) in [6.45, 7) is 9.36. The molecule has 2 aromatic rings. The van der Waals surface area contributed by atoms with Crippen molar-refractivity contribution < 1.29 is 19.4 Å². The van der Waals surface area contributed by atoms with Crippen molar-refractivity contribution in [2.45, 2.75) is 38.9 Å². The summed E-state index contributed by atoms with van der Waals surface area (Å²) in [4.78, 5) is 26.4. The van der Waals surface area contributed by atoms with E-state index in [4.69, 9.17) is 4.74 Å². The molecule has 1 aliphatic heterocycles. The predicted molar refractivity (Wildman–Crippen MR) is 113 cm³/mol. The summed E-state index contributed by atoms with van der Waals surface area (Å²) >= 11 is 0. The average Bonchev–Trinajstić information content (AvgIpc) is 3.12. The van der Waals surface area contributed by atoms with Crippen LogP contribution in [-0.2, 0) is 15.1 Å². The zero-order valence-corrected chi connectivity index (χ0v) is 17.2.